The van der Waals surface area contributed by atoms with E-state index in [-0.39, 0.29) is 0 Å². The van der Waals surface area contributed by atoms with Gasteiger partial charge < -0.3 is 10.1 Å². The average molecular weight is 300 g/mol. The summed E-state index contributed by atoms with van der Waals surface area (Å²) in [5, 5.41) is 3.61. The van der Waals surface area contributed by atoms with Crippen molar-refractivity contribution in [3.05, 3.63) is 34.3 Å². The van der Waals surface area contributed by atoms with E-state index >= 15 is 0 Å². The number of methoxy groups -OCH3 is 1. The summed E-state index contributed by atoms with van der Waals surface area (Å²) in [7, 11) is 1.75. The van der Waals surface area contributed by atoms with Crippen LogP contribution in [0.2, 0.25) is 0 Å². The lowest BCUT2D eigenvalue weighted by Gasteiger charge is -2.26. The van der Waals surface area contributed by atoms with Gasteiger partial charge in [-0.05, 0) is 30.5 Å². The van der Waals surface area contributed by atoms with Gasteiger partial charge in [0.15, 0.2) is 0 Å². The van der Waals surface area contributed by atoms with Gasteiger partial charge in [-0.1, -0.05) is 41.9 Å². The zero-order chi connectivity index (χ0) is 12.8. The van der Waals surface area contributed by atoms with Gasteiger partial charge in [0, 0.05) is 23.7 Å². The van der Waals surface area contributed by atoms with Crippen molar-refractivity contribution >= 4 is 15.9 Å². The number of nitrogens with one attached hydrogen (secondary N) is 1. The van der Waals surface area contributed by atoms with Crippen LogP contribution in [-0.2, 0) is 4.74 Å². The van der Waals surface area contributed by atoms with E-state index in [0.29, 0.717) is 18.0 Å². The highest BCUT2D eigenvalue weighted by molar-refractivity contribution is 9.10. The summed E-state index contributed by atoms with van der Waals surface area (Å²) in [5.41, 5.74) is 1.30. The molecule has 0 saturated carbocycles. The van der Waals surface area contributed by atoms with E-state index in [0.717, 1.165) is 11.1 Å². The lowest BCUT2D eigenvalue weighted by Crippen LogP contribution is -2.39. The van der Waals surface area contributed by atoms with Crippen molar-refractivity contribution in [2.24, 2.45) is 5.92 Å². The smallest absolute Gasteiger partial charge is 0.0618 e. The molecule has 0 bridgehead atoms. The van der Waals surface area contributed by atoms with Gasteiger partial charge in [-0.25, -0.2) is 0 Å². The Morgan fingerprint density at radius 2 is 1.76 bits per heavy atom. The lowest BCUT2D eigenvalue weighted by atomic mass is 10.0. The van der Waals surface area contributed by atoms with Gasteiger partial charge in [0.2, 0.25) is 0 Å². The van der Waals surface area contributed by atoms with Gasteiger partial charge in [-0.15, -0.1) is 0 Å². The molecule has 0 fully saturated rings. The number of benzene rings is 1. The zero-order valence-electron chi connectivity index (χ0n) is 11.0. The van der Waals surface area contributed by atoms with Crippen molar-refractivity contribution < 1.29 is 4.74 Å². The second kappa shape index (κ2) is 7.14. The molecular formula is C14H22BrNO. The topological polar surface area (TPSA) is 21.3 Å². The van der Waals surface area contributed by atoms with Gasteiger partial charge in [0.1, 0.15) is 0 Å². The fourth-order valence-corrected chi connectivity index (χ4v) is 2.05. The highest BCUT2D eigenvalue weighted by atomic mass is 79.9. The summed E-state index contributed by atoms with van der Waals surface area (Å²) in [5.74, 6) is 0.563. The summed E-state index contributed by atoms with van der Waals surface area (Å²) in [6.07, 6.45) is 0. The second-order valence-corrected chi connectivity index (χ2v) is 5.66. The molecule has 3 heteroatoms. The molecule has 1 N–H and O–H groups in total. The number of ether oxygens (including phenoxy) is 1. The monoisotopic (exact) mass is 299 g/mol. The summed E-state index contributed by atoms with van der Waals surface area (Å²) >= 11 is 3.45. The maximum absolute atomic E-state index is 5.25. The Hall–Kier alpha value is -0.380. The van der Waals surface area contributed by atoms with Crippen molar-refractivity contribution in [1.82, 2.24) is 5.32 Å². The maximum Gasteiger partial charge on any atom is 0.0618 e. The van der Waals surface area contributed by atoms with Crippen LogP contribution in [-0.4, -0.2) is 19.8 Å². The molecule has 0 aromatic heterocycles. The highest BCUT2D eigenvalue weighted by Gasteiger charge is 2.16. The van der Waals surface area contributed by atoms with Gasteiger partial charge in [0.25, 0.3) is 0 Å². The summed E-state index contributed by atoms with van der Waals surface area (Å²) in [4.78, 5) is 0. The average Bonchev–Trinajstić information content (AvgIpc) is 2.29. The number of rotatable bonds is 6. The highest BCUT2D eigenvalue weighted by Crippen LogP contribution is 2.18. The fourth-order valence-electron chi connectivity index (χ4n) is 1.78. The Balaban J connectivity index is 2.63. The van der Waals surface area contributed by atoms with Crippen LogP contribution in [0, 0.1) is 5.92 Å². The van der Waals surface area contributed by atoms with Crippen LogP contribution in [0.5, 0.6) is 0 Å². The first-order chi connectivity index (χ1) is 8.04. The molecule has 0 radical (unpaired) electrons. The Morgan fingerprint density at radius 1 is 1.18 bits per heavy atom. The standard InChI is InChI=1S/C14H22BrNO/c1-10(2)14(9-17-4)16-11(3)12-5-7-13(15)8-6-12/h5-8,10-11,14,16H,9H2,1-4H3/t11-,14?/m0/s1. The summed E-state index contributed by atoms with van der Waals surface area (Å²) in [6.45, 7) is 7.36. The first kappa shape index (κ1) is 14.7. The van der Waals surface area contributed by atoms with Gasteiger partial charge in [-0.2, -0.15) is 0 Å². The van der Waals surface area contributed by atoms with Crippen LogP contribution in [0.3, 0.4) is 0 Å². The SMILES string of the molecule is COCC(N[C@@H](C)c1ccc(Br)cc1)C(C)C. The molecule has 0 aliphatic heterocycles. The van der Waals surface area contributed by atoms with E-state index in [1.807, 2.05) is 0 Å². The minimum absolute atomic E-state index is 0.339. The summed E-state index contributed by atoms with van der Waals surface area (Å²) in [6, 6.07) is 9.17. The first-order valence-corrected chi connectivity index (χ1v) is 6.84. The van der Waals surface area contributed by atoms with Crippen molar-refractivity contribution in [1.29, 1.82) is 0 Å². The first-order valence-electron chi connectivity index (χ1n) is 6.05. The molecule has 0 saturated heterocycles. The van der Waals surface area contributed by atoms with E-state index in [1.54, 1.807) is 7.11 Å². The number of halogens is 1. The predicted molar refractivity (Wildman–Crippen MR) is 76.2 cm³/mol. The van der Waals surface area contributed by atoms with Crippen LogP contribution in [0.1, 0.15) is 32.4 Å². The molecule has 0 aliphatic rings. The molecule has 2 atom stereocenters. The third-order valence-corrected chi connectivity index (χ3v) is 3.51. The largest absolute Gasteiger partial charge is 0.383 e. The minimum atomic E-state index is 0.339. The third kappa shape index (κ3) is 4.78. The van der Waals surface area contributed by atoms with Crippen molar-refractivity contribution in [2.45, 2.75) is 32.9 Å². The Morgan fingerprint density at radius 3 is 2.24 bits per heavy atom. The van der Waals surface area contributed by atoms with Gasteiger partial charge >= 0.3 is 0 Å². The van der Waals surface area contributed by atoms with E-state index in [2.05, 4.69) is 66.3 Å². The maximum atomic E-state index is 5.25. The molecular weight excluding hydrogens is 278 g/mol. The van der Waals surface area contributed by atoms with E-state index < -0.39 is 0 Å². The van der Waals surface area contributed by atoms with Crippen molar-refractivity contribution in [3.63, 3.8) is 0 Å². The normalized spacial score (nSPS) is 14.9. The molecule has 0 spiro atoms. The predicted octanol–water partition coefficient (Wildman–Crippen LogP) is 3.77. The molecule has 96 valence electrons. The number of hydrogen-bond acceptors (Lipinski definition) is 2. The Labute approximate surface area is 113 Å². The van der Waals surface area contributed by atoms with Gasteiger partial charge in [-0.3, -0.25) is 0 Å². The van der Waals surface area contributed by atoms with E-state index in [4.69, 9.17) is 4.74 Å². The molecule has 0 heterocycles. The molecule has 1 unspecified atom stereocenters. The van der Waals surface area contributed by atoms with Crippen LogP contribution >= 0.6 is 15.9 Å². The van der Waals surface area contributed by atoms with Crippen LogP contribution < -0.4 is 5.32 Å². The molecule has 17 heavy (non-hydrogen) atoms. The second-order valence-electron chi connectivity index (χ2n) is 4.75. The van der Waals surface area contributed by atoms with Gasteiger partial charge in [0.05, 0.1) is 6.61 Å². The lowest BCUT2D eigenvalue weighted by molar-refractivity contribution is 0.141. The van der Waals surface area contributed by atoms with Crippen LogP contribution in [0.15, 0.2) is 28.7 Å². The zero-order valence-corrected chi connectivity index (χ0v) is 12.6. The molecule has 0 amide bonds. The van der Waals surface area contributed by atoms with Crippen molar-refractivity contribution in [3.8, 4) is 0 Å². The van der Waals surface area contributed by atoms with E-state index in [9.17, 15) is 0 Å². The van der Waals surface area contributed by atoms with Crippen LogP contribution in [0.4, 0.5) is 0 Å². The minimum Gasteiger partial charge on any atom is -0.383 e. The van der Waals surface area contributed by atoms with E-state index in [1.165, 1.54) is 5.56 Å². The quantitative estimate of drug-likeness (QED) is 0.863. The Bertz CT molecular complexity index is 323. The third-order valence-electron chi connectivity index (χ3n) is 2.99. The summed E-state index contributed by atoms with van der Waals surface area (Å²) < 4.78 is 6.37. The number of hydrogen-bond donors (Lipinski definition) is 1. The Kier molecular flexibility index (Phi) is 6.17. The molecule has 2 nitrogen and oxygen atoms in total. The van der Waals surface area contributed by atoms with Crippen molar-refractivity contribution in [2.75, 3.05) is 13.7 Å². The fraction of sp³-hybridized carbons (Fsp3) is 0.571. The molecule has 1 aromatic rings. The van der Waals surface area contributed by atoms with Crippen LogP contribution in [0.25, 0.3) is 0 Å². The molecule has 1 rings (SSSR count). The molecule has 0 aliphatic carbocycles. The molecule has 1 aromatic carbocycles.